The number of likely N-dealkylation sites (tertiary alicyclic amines) is 2. The molecule has 1 unspecified atom stereocenters. The van der Waals surface area contributed by atoms with E-state index in [2.05, 4.69) is 0 Å². The molecule has 1 aromatic rings. The molecule has 0 aliphatic carbocycles. The molecule has 0 saturated carbocycles. The highest BCUT2D eigenvalue weighted by atomic mass is 19.2. The molecule has 0 bridgehead atoms. The first kappa shape index (κ1) is 29.8. The van der Waals surface area contributed by atoms with Crippen molar-refractivity contribution in [3.63, 3.8) is 0 Å². The summed E-state index contributed by atoms with van der Waals surface area (Å²) in [4.78, 5) is 47.8. The van der Waals surface area contributed by atoms with Crippen molar-refractivity contribution in [2.45, 2.75) is 51.6 Å². The number of rotatable bonds is 8. The fourth-order valence-corrected chi connectivity index (χ4v) is 4.51. The number of carbonyl (C=O) groups is 4. The van der Waals surface area contributed by atoms with Crippen LogP contribution in [0.2, 0.25) is 0 Å². The molecule has 3 atom stereocenters. The molecule has 3 rings (SSSR count). The molecule has 2 heterocycles. The largest absolute Gasteiger partial charge is 0.478 e. The van der Waals surface area contributed by atoms with Gasteiger partial charge in [0.2, 0.25) is 11.8 Å². The zero-order valence-electron chi connectivity index (χ0n) is 20.7. The van der Waals surface area contributed by atoms with Crippen molar-refractivity contribution in [3.8, 4) is 0 Å². The summed E-state index contributed by atoms with van der Waals surface area (Å²) < 4.78 is 40.2. The smallest absolute Gasteiger partial charge is 0.328 e. The SMILES string of the molecule is CC(C)CC(=O)N1C[C@@H]2CCN(C(=O)CC(N)Cc3cc(F)c(F)cc3F)[C@@H]2C1.O=C(O)C=CC(=O)O. The molecule has 0 radical (unpaired) electrons. The van der Waals surface area contributed by atoms with Gasteiger partial charge in [-0.2, -0.15) is 0 Å². The summed E-state index contributed by atoms with van der Waals surface area (Å²) in [6.07, 6.45) is 2.38. The van der Waals surface area contributed by atoms with E-state index < -0.39 is 35.4 Å². The number of carboxylic acid groups (broad SMARTS) is 2. The summed E-state index contributed by atoms with van der Waals surface area (Å²) in [5.74, 6) is -5.25. The van der Waals surface area contributed by atoms with Crippen molar-refractivity contribution in [2.75, 3.05) is 19.6 Å². The van der Waals surface area contributed by atoms with Gasteiger partial charge in [-0.3, -0.25) is 9.59 Å². The van der Waals surface area contributed by atoms with Gasteiger partial charge in [-0.15, -0.1) is 0 Å². The van der Waals surface area contributed by atoms with E-state index in [9.17, 15) is 32.3 Å². The molecule has 2 saturated heterocycles. The Morgan fingerprint density at radius 1 is 0.973 bits per heavy atom. The van der Waals surface area contributed by atoms with Crippen LogP contribution in [0.25, 0.3) is 0 Å². The van der Waals surface area contributed by atoms with Gasteiger partial charge in [-0.1, -0.05) is 13.8 Å². The van der Waals surface area contributed by atoms with E-state index in [4.69, 9.17) is 15.9 Å². The molecule has 1 aromatic carbocycles. The summed E-state index contributed by atoms with van der Waals surface area (Å²) in [6, 6.07) is 0.563. The molecule has 0 aromatic heterocycles. The Morgan fingerprint density at radius 3 is 2.14 bits per heavy atom. The van der Waals surface area contributed by atoms with Crippen LogP contribution in [0.5, 0.6) is 0 Å². The van der Waals surface area contributed by atoms with Gasteiger partial charge in [-0.25, -0.2) is 22.8 Å². The maximum atomic E-state index is 13.8. The quantitative estimate of drug-likeness (QED) is 0.348. The van der Waals surface area contributed by atoms with Crippen molar-refractivity contribution in [2.24, 2.45) is 17.6 Å². The van der Waals surface area contributed by atoms with E-state index >= 15 is 0 Å². The van der Waals surface area contributed by atoms with Crippen molar-refractivity contribution in [3.05, 3.63) is 47.3 Å². The summed E-state index contributed by atoms with van der Waals surface area (Å²) >= 11 is 0. The fraction of sp³-hybridized carbons (Fsp3) is 0.520. The van der Waals surface area contributed by atoms with Crippen LogP contribution in [0, 0.1) is 29.3 Å². The normalized spacial score (nSPS) is 19.5. The average Bonchev–Trinajstić information content (AvgIpc) is 3.37. The Morgan fingerprint density at radius 2 is 1.57 bits per heavy atom. The van der Waals surface area contributed by atoms with Gasteiger partial charge in [0.05, 0.1) is 6.04 Å². The third kappa shape index (κ3) is 8.88. The number of halogens is 3. The lowest BCUT2D eigenvalue weighted by Crippen LogP contribution is -2.43. The van der Waals surface area contributed by atoms with Crippen LogP contribution in [-0.2, 0) is 25.6 Å². The lowest BCUT2D eigenvalue weighted by molar-refractivity contribution is -0.135. The number of nitrogens with two attached hydrogens (primary N) is 1. The highest BCUT2D eigenvalue weighted by Gasteiger charge is 2.44. The Hall–Kier alpha value is -3.41. The lowest BCUT2D eigenvalue weighted by Gasteiger charge is -2.26. The summed E-state index contributed by atoms with van der Waals surface area (Å²) in [5, 5.41) is 15.6. The molecular formula is C25H32F3N3O6. The lowest BCUT2D eigenvalue weighted by atomic mass is 10.0. The Kier molecular flexibility index (Phi) is 10.7. The molecule has 0 spiro atoms. The predicted octanol–water partition coefficient (Wildman–Crippen LogP) is 2.18. The maximum absolute atomic E-state index is 13.8. The monoisotopic (exact) mass is 527 g/mol. The van der Waals surface area contributed by atoms with E-state index in [1.807, 2.05) is 18.7 Å². The van der Waals surface area contributed by atoms with Crippen LogP contribution in [0.4, 0.5) is 13.2 Å². The molecule has 37 heavy (non-hydrogen) atoms. The minimum Gasteiger partial charge on any atom is -0.478 e. The number of hydrogen-bond donors (Lipinski definition) is 3. The summed E-state index contributed by atoms with van der Waals surface area (Å²) in [6.45, 7) is 5.83. The van der Waals surface area contributed by atoms with Crippen LogP contribution in [0.3, 0.4) is 0 Å². The van der Waals surface area contributed by atoms with Crippen LogP contribution in [0.15, 0.2) is 24.3 Å². The Balaban J connectivity index is 0.000000521. The highest BCUT2D eigenvalue weighted by molar-refractivity contribution is 5.89. The van der Waals surface area contributed by atoms with Gasteiger partial charge in [0, 0.05) is 62.7 Å². The summed E-state index contributed by atoms with van der Waals surface area (Å²) in [5.41, 5.74) is 5.96. The first-order valence-electron chi connectivity index (χ1n) is 11.9. The first-order chi connectivity index (χ1) is 17.3. The van der Waals surface area contributed by atoms with Crippen LogP contribution in [0.1, 0.15) is 38.7 Å². The van der Waals surface area contributed by atoms with Crippen LogP contribution in [-0.4, -0.2) is 75.5 Å². The number of carbonyl (C=O) groups excluding carboxylic acids is 2. The molecular weight excluding hydrogens is 495 g/mol. The van der Waals surface area contributed by atoms with Crippen molar-refractivity contribution in [1.29, 1.82) is 0 Å². The number of nitrogens with zero attached hydrogens (tertiary/aromatic N) is 2. The molecule has 2 fully saturated rings. The topological polar surface area (TPSA) is 141 Å². The molecule has 2 aliphatic rings. The van der Waals surface area contributed by atoms with Gasteiger partial charge in [0.15, 0.2) is 11.6 Å². The van der Waals surface area contributed by atoms with E-state index in [1.54, 1.807) is 4.90 Å². The standard InChI is InChI=1S/C21H28F3N3O2.C4H4O4/c1-12(2)5-20(28)26-10-13-3-4-27(19(13)11-26)21(29)8-15(25)6-14-7-17(23)18(24)9-16(14)22;5-3(6)1-2-4(7)8/h7,9,12-13,15,19H,3-6,8,10-11,25H2,1-2H3;1-2H,(H,5,6)(H,7,8)/t13-,15?,19+;/m0./s1. The van der Waals surface area contributed by atoms with E-state index in [1.165, 1.54) is 0 Å². The number of fused-ring (bicyclic) bond motifs is 1. The second-order valence-electron chi connectivity index (χ2n) is 9.64. The number of carboxylic acids is 2. The third-order valence-corrected chi connectivity index (χ3v) is 6.18. The minimum atomic E-state index is -1.26. The average molecular weight is 528 g/mol. The number of hydrogen-bond acceptors (Lipinski definition) is 5. The number of aliphatic carboxylic acids is 2. The number of amides is 2. The van der Waals surface area contributed by atoms with Crippen LogP contribution < -0.4 is 5.73 Å². The van der Waals surface area contributed by atoms with E-state index in [0.717, 1.165) is 12.5 Å². The molecule has 9 nitrogen and oxygen atoms in total. The molecule has 4 N–H and O–H groups in total. The van der Waals surface area contributed by atoms with E-state index in [-0.39, 0.29) is 48.1 Å². The summed E-state index contributed by atoms with van der Waals surface area (Å²) in [7, 11) is 0. The maximum Gasteiger partial charge on any atom is 0.328 e. The van der Waals surface area contributed by atoms with Gasteiger partial charge in [0.25, 0.3) is 0 Å². The van der Waals surface area contributed by atoms with Crippen molar-refractivity contribution >= 4 is 23.8 Å². The molecule has 204 valence electrons. The van der Waals surface area contributed by atoms with Gasteiger partial charge in [-0.05, 0) is 30.4 Å². The molecule has 2 aliphatic heterocycles. The fourth-order valence-electron chi connectivity index (χ4n) is 4.51. The second kappa shape index (κ2) is 13.2. The highest BCUT2D eigenvalue weighted by Crippen LogP contribution is 2.32. The van der Waals surface area contributed by atoms with Gasteiger partial charge < -0.3 is 25.7 Å². The number of benzene rings is 1. The zero-order chi connectivity index (χ0) is 27.9. The second-order valence-corrected chi connectivity index (χ2v) is 9.64. The molecule has 12 heteroatoms. The third-order valence-electron chi connectivity index (χ3n) is 6.18. The Bertz CT molecular complexity index is 1030. The van der Waals surface area contributed by atoms with Crippen LogP contribution >= 0.6 is 0 Å². The van der Waals surface area contributed by atoms with Crippen molar-refractivity contribution in [1.82, 2.24) is 9.80 Å². The minimum absolute atomic E-state index is 0.00851. The zero-order valence-corrected chi connectivity index (χ0v) is 20.7. The first-order valence-corrected chi connectivity index (χ1v) is 11.9. The van der Waals surface area contributed by atoms with E-state index in [0.29, 0.717) is 44.3 Å². The molecule has 2 amide bonds. The van der Waals surface area contributed by atoms with Gasteiger partial charge in [0.1, 0.15) is 5.82 Å². The van der Waals surface area contributed by atoms with Gasteiger partial charge >= 0.3 is 11.9 Å². The predicted molar refractivity (Wildman–Crippen MR) is 127 cm³/mol. The Labute approximate surface area is 212 Å². The van der Waals surface area contributed by atoms with Crippen molar-refractivity contribution < 1.29 is 42.6 Å².